The number of carbonyl (C=O) groups excluding carboxylic acids is 1. The van der Waals surface area contributed by atoms with Gasteiger partial charge in [-0.1, -0.05) is 30.3 Å². The quantitative estimate of drug-likeness (QED) is 0.779. The van der Waals surface area contributed by atoms with Gasteiger partial charge in [0.2, 0.25) is 0 Å². The highest BCUT2D eigenvalue weighted by atomic mass is 32.2. The largest absolute Gasteiger partial charge is 0.480 e. The van der Waals surface area contributed by atoms with Crippen molar-refractivity contribution in [2.24, 2.45) is 0 Å². The van der Waals surface area contributed by atoms with Crippen molar-refractivity contribution in [2.45, 2.75) is 5.25 Å². The predicted octanol–water partition coefficient (Wildman–Crippen LogP) is 0.400. The van der Waals surface area contributed by atoms with E-state index in [1.807, 2.05) is 0 Å². The van der Waals surface area contributed by atoms with Gasteiger partial charge in [-0.25, -0.2) is 8.42 Å². The molecule has 1 unspecified atom stereocenters. The maximum atomic E-state index is 11.9. The fraction of sp³-hybridized carbons (Fsp3) is 0.273. The third-order valence-electron chi connectivity index (χ3n) is 2.23. The van der Waals surface area contributed by atoms with Gasteiger partial charge in [0, 0.05) is 0 Å². The fourth-order valence-corrected chi connectivity index (χ4v) is 2.93. The van der Waals surface area contributed by atoms with Gasteiger partial charge in [-0.2, -0.15) is 0 Å². The summed E-state index contributed by atoms with van der Waals surface area (Å²) in [7, 11) is -3.12. The number of carboxylic acids is 1. The second-order valence-corrected chi connectivity index (χ2v) is 5.60. The van der Waals surface area contributed by atoms with Gasteiger partial charge in [-0.3, -0.25) is 9.59 Å². The van der Waals surface area contributed by atoms with Crippen molar-refractivity contribution in [3.05, 3.63) is 35.9 Å². The molecule has 0 aliphatic rings. The number of hydrogen-bond acceptors (Lipinski definition) is 5. The summed E-state index contributed by atoms with van der Waals surface area (Å²) in [6.45, 7) is 0. The standard InChI is InChI=1S/C11H12O6S/c1-17-9(12)7-18(15,16)10(11(13)14)8-5-3-2-4-6-8/h2-6,10H,7H2,1H3,(H,13,14). The first-order valence-corrected chi connectivity index (χ1v) is 6.66. The number of carboxylic acid groups (broad SMARTS) is 1. The lowest BCUT2D eigenvalue weighted by Crippen LogP contribution is -2.28. The Kier molecular flexibility index (Phi) is 4.43. The van der Waals surface area contributed by atoms with Crippen LogP contribution in [0.2, 0.25) is 0 Å². The summed E-state index contributed by atoms with van der Waals surface area (Å²) in [5, 5.41) is 7.25. The Bertz CT molecular complexity index is 534. The molecule has 1 atom stereocenters. The monoisotopic (exact) mass is 272 g/mol. The summed E-state index contributed by atoms with van der Waals surface area (Å²) in [4.78, 5) is 22.1. The van der Waals surface area contributed by atoms with Crippen LogP contribution < -0.4 is 0 Å². The van der Waals surface area contributed by atoms with Crippen LogP contribution in [0.25, 0.3) is 0 Å². The highest BCUT2D eigenvalue weighted by Crippen LogP contribution is 2.23. The average molecular weight is 272 g/mol. The van der Waals surface area contributed by atoms with E-state index in [-0.39, 0.29) is 5.56 Å². The summed E-state index contributed by atoms with van der Waals surface area (Å²) < 4.78 is 28.0. The molecule has 1 aromatic carbocycles. The van der Waals surface area contributed by atoms with Crippen LogP contribution in [0, 0.1) is 0 Å². The van der Waals surface area contributed by atoms with Crippen molar-refractivity contribution >= 4 is 21.8 Å². The van der Waals surface area contributed by atoms with E-state index in [0.29, 0.717) is 0 Å². The van der Waals surface area contributed by atoms with E-state index < -0.39 is 32.8 Å². The van der Waals surface area contributed by atoms with Crippen molar-refractivity contribution in [1.29, 1.82) is 0 Å². The van der Waals surface area contributed by atoms with Crippen LogP contribution in [-0.2, 0) is 24.2 Å². The Labute approximate surface area is 104 Å². The third-order valence-corrected chi connectivity index (χ3v) is 4.06. The minimum absolute atomic E-state index is 0.105. The molecule has 0 aliphatic carbocycles. The van der Waals surface area contributed by atoms with Crippen LogP contribution in [0.4, 0.5) is 0 Å². The van der Waals surface area contributed by atoms with Gasteiger partial charge < -0.3 is 9.84 Å². The normalized spacial score (nSPS) is 12.7. The van der Waals surface area contributed by atoms with E-state index >= 15 is 0 Å². The summed E-state index contributed by atoms with van der Waals surface area (Å²) in [5.74, 6) is -3.47. The van der Waals surface area contributed by atoms with E-state index in [9.17, 15) is 18.0 Å². The molecule has 1 aromatic rings. The lowest BCUT2D eigenvalue weighted by Gasteiger charge is -2.12. The van der Waals surface area contributed by atoms with Gasteiger partial charge in [0.05, 0.1) is 7.11 Å². The zero-order valence-electron chi connectivity index (χ0n) is 9.57. The summed E-state index contributed by atoms with van der Waals surface area (Å²) in [6, 6.07) is 7.45. The zero-order chi connectivity index (χ0) is 13.8. The predicted molar refractivity (Wildman–Crippen MR) is 62.6 cm³/mol. The maximum Gasteiger partial charge on any atom is 0.326 e. The molecule has 18 heavy (non-hydrogen) atoms. The number of aliphatic carboxylic acids is 1. The number of methoxy groups -OCH3 is 1. The molecule has 0 saturated carbocycles. The second-order valence-electron chi connectivity index (χ2n) is 3.51. The molecule has 98 valence electrons. The lowest BCUT2D eigenvalue weighted by molar-refractivity contribution is -0.137. The fourth-order valence-electron chi connectivity index (χ4n) is 1.44. The summed E-state index contributed by atoms with van der Waals surface area (Å²) in [6.07, 6.45) is 0. The van der Waals surface area contributed by atoms with Crippen molar-refractivity contribution in [1.82, 2.24) is 0 Å². The van der Waals surface area contributed by atoms with E-state index in [1.165, 1.54) is 24.3 Å². The number of sulfone groups is 1. The Morgan fingerprint density at radius 3 is 2.28 bits per heavy atom. The highest BCUT2D eigenvalue weighted by molar-refractivity contribution is 7.93. The number of carbonyl (C=O) groups is 2. The Hall–Kier alpha value is -1.89. The number of esters is 1. The minimum atomic E-state index is -4.16. The molecule has 1 rings (SSSR count). The SMILES string of the molecule is COC(=O)CS(=O)(=O)C(C(=O)O)c1ccccc1. The molecule has 0 heterocycles. The van der Waals surface area contributed by atoms with E-state index in [2.05, 4.69) is 4.74 Å². The number of ether oxygens (including phenoxy) is 1. The third kappa shape index (κ3) is 3.30. The Balaban J connectivity index is 3.15. The van der Waals surface area contributed by atoms with Crippen molar-refractivity contribution in [3.63, 3.8) is 0 Å². The van der Waals surface area contributed by atoms with Crippen molar-refractivity contribution in [3.8, 4) is 0 Å². The van der Waals surface area contributed by atoms with Gasteiger partial charge in [0.25, 0.3) is 0 Å². The second kappa shape index (κ2) is 5.63. The number of rotatable bonds is 5. The molecule has 0 amide bonds. The molecule has 7 heteroatoms. The van der Waals surface area contributed by atoms with E-state index in [0.717, 1.165) is 7.11 Å². The molecule has 6 nitrogen and oxygen atoms in total. The average Bonchev–Trinajstić information content (AvgIpc) is 2.28. The van der Waals surface area contributed by atoms with Crippen LogP contribution in [0.3, 0.4) is 0 Å². The van der Waals surface area contributed by atoms with Crippen LogP contribution in [-0.4, -0.2) is 38.3 Å². The van der Waals surface area contributed by atoms with Crippen LogP contribution >= 0.6 is 0 Å². The zero-order valence-corrected chi connectivity index (χ0v) is 10.4. The number of hydrogen-bond donors (Lipinski definition) is 1. The smallest absolute Gasteiger partial charge is 0.326 e. The van der Waals surface area contributed by atoms with Gasteiger partial charge in [0.15, 0.2) is 15.1 Å². The minimum Gasteiger partial charge on any atom is -0.480 e. The molecule has 1 N–H and O–H groups in total. The van der Waals surface area contributed by atoms with Crippen LogP contribution in [0.1, 0.15) is 10.8 Å². The first kappa shape index (κ1) is 14.2. The maximum absolute atomic E-state index is 11.9. The van der Waals surface area contributed by atoms with Crippen LogP contribution in [0.15, 0.2) is 30.3 Å². The first-order valence-electron chi connectivity index (χ1n) is 4.94. The van der Waals surface area contributed by atoms with Gasteiger partial charge in [0.1, 0.15) is 5.75 Å². The molecule has 0 saturated heterocycles. The summed E-state index contributed by atoms with van der Waals surface area (Å²) in [5.41, 5.74) is 0.105. The number of benzene rings is 1. The summed E-state index contributed by atoms with van der Waals surface area (Å²) >= 11 is 0. The van der Waals surface area contributed by atoms with E-state index in [4.69, 9.17) is 5.11 Å². The van der Waals surface area contributed by atoms with Gasteiger partial charge in [-0.05, 0) is 5.56 Å². The molecule has 0 radical (unpaired) electrons. The lowest BCUT2D eigenvalue weighted by atomic mass is 10.1. The van der Waals surface area contributed by atoms with Gasteiger partial charge >= 0.3 is 11.9 Å². The highest BCUT2D eigenvalue weighted by Gasteiger charge is 2.35. The molecule has 0 aromatic heterocycles. The Morgan fingerprint density at radius 1 is 1.28 bits per heavy atom. The first-order chi connectivity index (χ1) is 8.38. The van der Waals surface area contributed by atoms with Gasteiger partial charge in [-0.15, -0.1) is 0 Å². The molecule has 0 fully saturated rings. The van der Waals surface area contributed by atoms with Crippen LogP contribution in [0.5, 0.6) is 0 Å². The molecule has 0 bridgehead atoms. The Morgan fingerprint density at radius 2 is 1.83 bits per heavy atom. The molecular weight excluding hydrogens is 260 g/mol. The molecular formula is C11H12O6S. The molecule has 0 spiro atoms. The topological polar surface area (TPSA) is 97.7 Å². The molecule has 0 aliphatic heterocycles. The van der Waals surface area contributed by atoms with Crippen molar-refractivity contribution in [2.75, 3.05) is 12.9 Å². The van der Waals surface area contributed by atoms with Crippen molar-refractivity contribution < 1.29 is 27.9 Å². The van der Waals surface area contributed by atoms with E-state index in [1.54, 1.807) is 6.07 Å².